The second-order valence-corrected chi connectivity index (χ2v) is 9.04. The molecule has 0 aromatic heterocycles. The lowest BCUT2D eigenvalue weighted by molar-refractivity contribution is -0.139. The van der Waals surface area contributed by atoms with Gasteiger partial charge >= 0.3 is 5.97 Å². The summed E-state index contributed by atoms with van der Waals surface area (Å²) in [6.45, 7) is 6.58. The van der Waals surface area contributed by atoms with Gasteiger partial charge in [-0.3, -0.25) is 9.79 Å². The number of allylic oxidation sites excluding steroid dienone is 1. The number of hydrogen-bond donors (Lipinski definition) is 0. The Morgan fingerprint density at radius 2 is 1.60 bits per heavy atom. The molecule has 2 aliphatic rings. The number of Topliss-reactive ketones (excluding diaryl/α,β-unsaturated/α-hetero) is 1. The molecule has 6 heteroatoms. The number of fused-ring (bicyclic) bond motifs is 1. The Bertz CT molecular complexity index is 1130. The number of carbonyl (C=O) groups is 2. The third-order valence-corrected chi connectivity index (χ3v) is 6.75. The van der Waals surface area contributed by atoms with Gasteiger partial charge in [0.15, 0.2) is 0 Å². The van der Waals surface area contributed by atoms with Crippen LogP contribution in [-0.4, -0.2) is 37.8 Å². The molecule has 1 saturated carbocycles. The summed E-state index contributed by atoms with van der Waals surface area (Å²) in [5.41, 5.74) is 3.91. The van der Waals surface area contributed by atoms with Gasteiger partial charge in [-0.25, -0.2) is 4.79 Å². The fourth-order valence-electron chi connectivity index (χ4n) is 5.11. The topological polar surface area (TPSA) is 74.2 Å². The first-order valence-corrected chi connectivity index (χ1v) is 12.3. The van der Waals surface area contributed by atoms with Crippen molar-refractivity contribution >= 4 is 17.5 Å². The largest absolute Gasteiger partial charge is 0.497 e. The first kappa shape index (κ1) is 24.7. The average Bonchev–Trinajstić information content (AvgIpc) is 2.87. The van der Waals surface area contributed by atoms with E-state index < -0.39 is 17.8 Å². The zero-order valence-corrected chi connectivity index (χ0v) is 20.9. The van der Waals surface area contributed by atoms with Crippen LogP contribution in [-0.2, 0) is 14.3 Å². The van der Waals surface area contributed by atoms with E-state index in [0.29, 0.717) is 30.7 Å². The number of rotatable bonds is 8. The molecule has 1 fully saturated rings. The molecule has 0 amide bonds. The van der Waals surface area contributed by atoms with Crippen LogP contribution in [0.5, 0.6) is 11.5 Å². The number of nitrogens with zero attached hydrogens (tertiary/aromatic N) is 1. The highest BCUT2D eigenvalue weighted by Gasteiger charge is 2.46. The summed E-state index contributed by atoms with van der Waals surface area (Å²) in [4.78, 5) is 31.5. The van der Waals surface area contributed by atoms with Gasteiger partial charge in [0, 0.05) is 23.7 Å². The highest BCUT2D eigenvalue weighted by Crippen LogP contribution is 2.46. The van der Waals surface area contributed by atoms with Gasteiger partial charge in [0.25, 0.3) is 0 Å². The van der Waals surface area contributed by atoms with E-state index in [9.17, 15) is 9.59 Å². The van der Waals surface area contributed by atoms with Crippen LogP contribution in [0.2, 0.25) is 0 Å². The van der Waals surface area contributed by atoms with Gasteiger partial charge in [-0.2, -0.15) is 0 Å². The summed E-state index contributed by atoms with van der Waals surface area (Å²) in [6, 6.07) is 15.6. The number of carbonyl (C=O) groups excluding carboxylic acids is 2. The summed E-state index contributed by atoms with van der Waals surface area (Å²) in [7, 11) is 1.64. The van der Waals surface area contributed by atoms with Crippen LogP contribution in [0, 0.1) is 5.92 Å². The minimum atomic E-state index is -0.477. The van der Waals surface area contributed by atoms with Crippen LogP contribution in [0.3, 0.4) is 0 Å². The number of benzene rings is 2. The van der Waals surface area contributed by atoms with Crippen LogP contribution >= 0.6 is 0 Å². The van der Waals surface area contributed by atoms with Gasteiger partial charge in [0.1, 0.15) is 17.3 Å². The second kappa shape index (κ2) is 10.9. The molecule has 35 heavy (non-hydrogen) atoms. The van der Waals surface area contributed by atoms with E-state index in [1.807, 2.05) is 55.5 Å². The summed E-state index contributed by atoms with van der Waals surface area (Å²) < 4.78 is 16.4. The molecule has 1 heterocycles. The minimum Gasteiger partial charge on any atom is -0.497 e. The van der Waals surface area contributed by atoms with Crippen molar-refractivity contribution < 1.29 is 23.8 Å². The van der Waals surface area contributed by atoms with Crippen molar-refractivity contribution in [1.82, 2.24) is 0 Å². The quantitative estimate of drug-likeness (QED) is 0.463. The van der Waals surface area contributed by atoms with Gasteiger partial charge in [-0.05, 0) is 68.0 Å². The van der Waals surface area contributed by atoms with Crippen LogP contribution in [0.1, 0.15) is 63.0 Å². The number of hydrogen-bond acceptors (Lipinski definition) is 6. The van der Waals surface area contributed by atoms with Gasteiger partial charge in [-0.1, -0.05) is 31.2 Å². The molecule has 0 spiro atoms. The zero-order chi connectivity index (χ0) is 24.9. The van der Waals surface area contributed by atoms with Crippen molar-refractivity contribution in [2.75, 3.05) is 20.3 Å². The number of ether oxygens (including phenoxy) is 3. The molecule has 4 rings (SSSR count). The number of aliphatic imine (C=N–C) groups is 1. The molecule has 0 bridgehead atoms. The van der Waals surface area contributed by atoms with E-state index in [2.05, 4.69) is 6.92 Å². The first-order chi connectivity index (χ1) is 17.0. The third-order valence-electron chi connectivity index (χ3n) is 6.75. The van der Waals surface area contributed by atoms with E-state index >= 15 is 0 Å². The van der Waals surface area contributed by atoms with E-state index in [4.69, 9.17) is 19.2 Å². The molecule has 1 aliphatic carbocycles. The maximum absolute atomic E-state index is 13.7. The molecule has 0 saturated heterocycles. The molecule has 184 valence electrons. The number of ketones is 1. The molecule has 0 radical (unpaired) electrons. The van der Waals surface area contributed by atoms with Crippen molar-refractivity contribution in [3.8, 4) is 11.5 Å². The van der Waals surface area contributed by atoms with Crippen molar-refractivity contribution in [3.05, 3.63) is 70.9 Å². The van der Waals surface area contributed by atoms with Crippen LogP contribution in [0.4, 0.5) is 0 Å². The van der Waals surface area contributed by atoms with E-state index in [-0.39, 0.29) is 18.3 Å². The Labute approximate surface area is 207 Å². The Hall–Kier alpha value is -3.41. The lowest BCUT2D eigenvalue weighted by atomic mass is 9.66. The second-order valence-electron chi connectivity index (χ2n) is 9.04. The molecule has 2 aromatic carbocycles. The third kappa shape index (κ3) is 5.16. The van der Waals surface area contributed by atoms with Crippen LogP contribution in [0.15, 0.2) is 64.8 Å². The molecule has 0 N–H and O–H groups in total. The molecule has 3 atom stereocenters. The number of esters is 1. The van der Waals surface area contributed by atoms with Gasteiger partial charge < -0.3 is 14.2 Å². The van der Waals surface area contributed by atoms with Crippen molar-refractivity contribution in [3.63, 3.8) is 0 Å². The standard InChI is InChI=1S/C29H33NO5/c1-5-15-35-23-13-9-20(10-14-23)27-26(29(32)34-6-2)18(3)30-24-16-21(17-25(31)28(24)27)19-7-11-22(33-4)12-8-19/h7-14,21,27-28H,5-6,15-17H2,1-4H3/t21-,27-,28?/m0/s1. The van der Waals surface area contributed by atoms with Crippen molar-refractivity contribution in [1.29, 1.82) is 0 Å². The monoisotopic (exact) mass is 475 g/mol. The molecular formula is C29H33NO5. The zero-order valence-electron chi connectivity index (χ0n) is 20.9. The van der Waals surface area contributed by atoms with Crippen molar-refractivity contribution in [2.45, 2.75) is 51.9 Å². The summed E-state index contributed by atoms with van der Waals surface area (Å²) in [5.74, 6) is 0.392. The highest BCUT2D eigenvalue weighted by molar-refractivity contribution is 6.12. The minimum absolute atomic E-state index is 0.0471. The van der Waals surface area contributed by atoms with E-state index in [0.717, 1.165) is 34.8 Å². The van der Waals surface area contributed by atoms with E-state index in [1.54, 1.807) is 14.0 Å². The number of methoxy groups -OCH3 is 1. The maximum atomic E-state index is 13.7. The van der Waals surface area contributed by atoms with Crippen molar-refractivity contribution in [2.24, 2.45) is 10.9 Å². The lowest BCUT2D eigenvalue weighted by Crippen LogP contribution is -2.41. The Morgan fingerprint density at radius 3 is 2.23 bits per heavy atom. The average molecular weight is 476 g/mol. The first-order valence-electron chi connectivity index (χ1n) is 12.3. The summed E-state index contributed by atoms with van der Waals surface area (Å²) >= 11 is 0. The van der Waals surface area contributed by atoms with Gasteiger partial charge in [0.2, 0.25) is 0 Å². The van der Waals surface area contributed by atoms with Gasteiger partial charge in [-0.15, -0.1) is 0 Å². The Balaban J connectivity index is 1.71. The van der Waals surface area contributed by atoms with Crippen LogP contribution in [0.25, 0.3) is 0 Å². The summed E-state index contributed by atoms with van der Waals surface area (Å²) in [5, 5.41) is 0. The fraction of sp³-hybridized carbons (Fsp3) is 0.414. The molecule has 1 unspecified atom stereocenters. The fourth-order valence-corrected chi connectivity index (χ4v) is 5.11. The molecule has 1 aliphatic heterocycles. The van der Waals surface area contributed by atoms with Gasteiger partial charge in [0.05, 0.1) is 31.8 Å². The normalized spacial score (nSPS) is 21.8. The predicted molar refractivity (Wildman–Crippen MR) is 135 cm³/mol. The highest BCUT2D eigenvalue weighted by atomic mass is 16.5. The molecular weight excluding hydrogens is 442 g/mol. The van der Waals surface area contributed by atoms with E-state index in [1.165, 1.54) is 0 Å². The predicted octanol–water partition coefficient (Wildman–Crippen LogP) is 5.62. The Kier molecular flexibility index (Phi) is 7.69. The smallest absolute Gasteiger partial charge is 0.336 e. The lowest BCUT2D eigenvalue weighted by Gasteiger charge is -2.38. The van der Waals surface area contributed by atoms with Crippen LogP contribution < -0.4 is 9.47 Å². The Morgan fingerprint density at radius 1 is 0.943 bits per heavy atom. The maximum Gasteiger partial charge on any atom is 0.336 e. The molecule has 6 nitrogen and oxygen atoms in total. The SMILES string of the molecule is CCCOc1ccc([C@H]2C(C(=O)OCC)=C(C)N=C3C[C@H](c4ccc(OC)cc4)CC(=O)C32)cc1. The molecule has 2 aromatic rings. The summed E-state index contributed by atoms with van der Waals surface area (Å²) in [6.07, 6.45) is 1.99.